The molecule has 1 aliphatic carbocycles. The Bertz CT molecular complexity index is 522. The second-order valence-corrected chi connectivity index (χ2v) is 7.53. The first-order valence-corrected chi connectivity index (χ1v) is 7.28. The largest absolute Gasteiger partial charge is 0.351 e. The van der Waals surface area contributed by atoms with Gasteiger partial charge in [-0.25, -0.2) is 0 Å². The van der Waals surface area contributed by atoms with E-state index in [1.807, 2.05) is 52.8 Å². The molecule has 0 saturated heterocycles. The number of hydrogen-bond donors (Lipinski definition) is 2. The van der Waals surface area contributed by atoms with Crippen LogP contribution in [-0.4, -0.2) is 11.4 Å². The van der Waals surface area contributed by atoms with Crippen molar-refractivity contribution in [2.75, 3.05) is 0 Å². The van der Waals surface area contributed by atoms with E-state index in [-0.39, 0.29) is 17.0 Å². The first kappa shape index (κ1) is 15.0. The molecule has 1 aromatic carbocycles. The van der Waals surface area contributed by atoms with E-state index in [1.165, 1.54) is 0 Å². The van der Waals surface area contributed by atoms with Crippen LogP contribution in [-0.2, 0) is 15.7 Å². The maximum atomic E-state index is 12.6. The number of rotatable bonds is 3. The molecule has 0 aromatic heterocycles. The fraction of sp³-hybridized carbons (Fsp3) is 0.588. The van der Waals surface area contributed by atoms with Gasteiger partial charge in [0.15, 0.2) is 0 Å². The molecule has 2 rings (SSSR count). The van der Waals surface area contributed by atoms with Crippen molar-refractivity contribution in [3.8, 4) is 0 Å². The molecule has 1 fully saturated rings. The fourth-order valence-electron chi connectivity index (χ4n) is 2.49. The van der Waals surface area contributed by atoms with Gasteiger partial charge in [0.25, 0.3) is 0 Å². The van der Waals surface area contributed by atoms with Gasteiger partial charge in [-0.05, 0) is 58.6 Å². The lowest BCUT2D eigenvalue weighted by Crippen LogP contribution is -2.49. The number of nitrogens with one attached hydrogen (secondary N) is 1. The number of carbonyl (C=O) groups is 1. The fourth-order valence-corrected chi connectivity index (χ4v) is 2.49. The molecule has 0 unspecified atom stereocenters. The van der Waals surface area contributed by atoms with Gasteiger partial charge in [-0.1, -0.05) is 24.3 Å². The maximum Gasteiger partial charge on any atom is 0.230 e. The number of nitrogens with two attached hydrogens (primary N) is 1. The van der Waals surface area contributed by atoms with Gasteiger partial charge in [0, 0.05) is 11.1 Å². The Kier molecular flexibility index (Phi) is 3.45. The van der Waals surface area contributed by atoms with Crippen LogP contribution in [0.5, 0.6) is 0 Å². The minimum absolute atomic E-state index is 0.0432. The summed E-state index contributed by atoms with van der Waals surface area (Å²) in [5.41, 5.74) is 7.48. The molecule has 0 radical (unpaired) electrons. The lowest BCUT2D eigenvalue weighted by atomic mass is 9.78. The van der Waals surface area contributed by atoms with Crippen LogP contribution in [0, 0.1) is 0 Å². The van der Waals surface area contributed by atoms with Gasteiger partial charge in [0.05, 0.1) is 5.41 Å². The van der Waals surface area contributed by atoms with E-state index in [2.05, 4.69) is 11.4 Å². The second kappa shape index (κ2) is 4.59. The first-order valence-electron chi connectivity index (χ1n) is 7.28. The number of amides is 1. The van der Waals surface area contributed by atoms with Crippen LogP contribution in [0.4, 0.5) is 0 Å². The topological polar surface area (TPSA) is 55.1 Å². The number of hydrogen-bond acceptors (Lipinski definition) is 2. The van der Waals surface area contributed by atoms with Crippen LogP contribution in [0.3, 0.4) is 0 Å². The molecule has 0 spiro atoms. The quantitative estimate of drug-likeness (QED) is 0.890. The molecule has 1 aliphatic rings. The molecule has 0 atom stereocenters. The van der Waals surface area contributed by atoms with Crippen molar-refractivity contribution < 1.29 is 4.79 Å². The molecule has 3 nitrogen and oxygen atoms in total. The summed E-state index contributed by atoms with van der Waals surface area (Å²) in [6.07, 6.45) is 2.00. The molecule has 1 aromatic rings. The van der Waals surface area contributed by atoms with Gasteiger partial charge in [0.1, 0.15) is 0 Å². The molecular formula is C17H26N2O. The van der Waals surface area contributed by atoms with Gasteiger partial charge >= 0.3 is 0 Å². The Morgan fingerprint density at radius 2 is 1.70 bits per heavy atom. The van der Waals surface area contributed by atoms with E-state index in [9.17, 15) is 4.79 Å². The van der Waals surface area contributed by atoms with Gasteiger partial charge < -0.3 is 11.1 Å². The zero-order chi connectivity index (χ0) is 15.2. The minimum atomic E-state index is -0.584. The lowest BCUT2D eigenvalue weighted by molar-refractivity contribution is -0.127. The van der Waals surface area contributed by atoms with Crippen LogP contribution in [0.15, 0.2) is 24.3 Å². The average Bonchev–Trinajstić information content (AvgIpc) is 3.06. The highest BCUT2D eigenvalue weighted by atomic mass is 16.2. The highest BCUT2D eigenvalue weighted by Gasteiger charge is 2.45. The predicted molar refractivity (Wildman–Crippen MR) is 82.5 cm³/mol. The Balaban J connectivity index is 2.37. The van der Waals surface area contributed by atoms with E-state index in [0.717, 1.165) is 24.0 Å². The summed E-state index contributed by atoms with van der Waals surface area (Å²) >= 11 is 0. The number of benzene rings is 1. The maximum absolute atomic E-state index is 12.6. The lowest BCUT2D eigenvalue weighted by Gasteiger charge is -2.32. The smallest absolute Gasteiger partial charge is 0.230 e. The predicted octanol–water partition coefficient (Wildman–Crippen LogP) is 2.83. The normalized spacial score (nSPS) is 17.7. The molecule has 1 saturated carbocycles. The van der Waals surface area contributed by atoms with E-state index < -0.39 is 5.41 Å². The molecule has 110 valence electrons. The van der Waals surface area contributed by atoms with E-state index in [0.29, 0.717) is 0 Å². The third-order valence-electron chi connectivity index (χ3n) is 3.98. The van der Waals surface area contributed by atoms with Crippen LogP contribution in [0.1, 0.15) is 58.6 Å². The summed E-state index contributed by atoms with van der Waals surface area (Å²) in [4.78, 5) is 12.6. The molecule has 3 heteroatoms. The highest BCUT2D eigenvalue weighted by molar-refractivity contribution is 5.88. The van der Waals surface area contributed by atoms with Crippen molar-refractivity contribution in [2.24, 2.45) is 5.73 Å². The van der Waals surface area contributed by atoms with E-state index >= 15 is 0 Å². The van der Waals surface area contributed by atoms with Crippen molar-refractivity contribution in [1.29, 1.82) is 0 Å². The van der Waals surface area contributed by atoms with Crippen molar-refractivity contribution in [3.63, 3.8) is 0 Å². The van der Waals surface area contributed by atoms with Crippen molar-refractivity contribution >= 4 is 5.91 Å². The summed E-state index contributed by atoms with van der Waals surface area (Å²) in [6, 6.07) is 8.08. The highest BCUT2D eigenvalue weighted by Crippen LogP contribution is 2.46. The Morgan fingerprint density at radius 3 is 2.20 bits per heavy atom. The van der Waals surface area contributed by atoms with Gasteiger partial charge in [-0.3, -0.25) is 4.79 Å². The summed E-state index contributed by atoms with van der Waals surface area (Å²) in [5, 5.41) is 3.08. The standard InChI is InChI=1S/C17H26N2O/c1-15(2,3)19-14(20)16(4,5)12-8-6-7-9-13(12)17(18)10-11-17/h6-9H,10-11,18H2,1-5H3,(H,19,20). The van der Waals surface area contributed by atoms with Crippen LogP contribution < -0.4 is 11.1 Å². The number of carbonyl (C=O) groups excluding carboxylic acids is 1. The van der Waals surface area contributed by atoms with Crippen LogP contribution >= 0.6 is 0 Å². The van der Waals surface area contributed by atoms with Crippen molar-refractivity contribution in [3.05, 3.63) is 35.4 Å². The summed E-state index contributed by atoms with van der Waals surface area (Å²) in [6.45, 7) is 9.94. The summed E-state index contributed by atoms with van der Waals surface area (Å²) < 4.78 is 0. The third kappa shape index (κ3) is 2.88. The average molecular weight is 274 g/mol. The molecule has 3 N–H and O–H groups in total. The van der Waals surface area contributed by atoms with Crippen LogP contribution in [0.2, 0.25) is 0 Å². The summed E-state index contributed by atoms with van der Waals surface area (Å²) in [5.74, 6) is 0.0432. The SMILES string of the molecule is CC(C)(C)NC(=O)C(C)(C)c1ccccc1C1(N)CC1. The zero-order valence-corrected chi connectivity index (χ0v) is 13.2. The van der Waals surface area contributed by atoms with Gasteiger partial charge in [0.2, 0.25) is 5.91 Å². The monoisotopic (exact) mass is 274 g/mol. The summed E-state index contributed by atoms with van der Waals surface area (Å²) in [7, 11) is 0. The molecule has 0 heterocycles. The first-order chi connectivity index (χ1) is 9.06. The Morgan fingerprint density at radius 1 is 1.15 bits per heavy atom. The van der Waals surface area contributed by atoms with Crippen LogP contribution in [0.25, 0.3) is 0 Å². The minimum Gasteiger partial charge on any atom is -0.351 e. The second-order valence-electron chi connectivity index (χ2n) is 7.53. The molecule has 20 heavy (non-hydrogen) atoms. The molecule has 0 aliphatic heterocycles. The Labute approximate surface area is 121 Å². The Hall–Kier alpha value is -1.35. The molecular weight excluding hydrogens is 248 g/mol. The van der Waals surface area contributed by atoms with E-state index in [1.54, 1.807) is 0 Å². The van der Waals surface area contributed by atoms with Gasteiger partial charge in [-0.15, -0.1) is 0 Å². The molecule has 0 bridgehead atoms. The molecule has 1 amide bonds. The zero-order valence-electron chi connectivity index (χ0n) is 13.2. The van der Waals surface area contributed by atoms with Gasteiger partial charge in [-0.2, -0.15) is 0 Å². The third-order valence-corrected chi connectivity index (χ3v) is 3.98. The van der Waals surface area contributed by atoms with E-state index in [4.69, 9.17) is 5.73 Å². The van der Waals surface area contributed by atoms with Crippen molar-refractivity contribution in [2.45, 2.75) is 64.0 Å². The van der Waals surface area contributed by atoms with Crippen molar-refractivity contribution in [1.82, 2.24) is 5.32 Å².